The van der Waals surface area contributed by atoms with Crippen molar-refractivity contribution in [2.75, 3.05) is 0 Å². The fraction of sp³-hybridized carbons (Fsp3) is 1.00. The maximum absolute atomic E-state index is 5.99. The Balaban J connectivity index is 1.79. The van der Waals surface area contributed by atoms with Crippen molar-refractivity contribution in [3.05, 3.63) is 0 Å². The second kappa shape index (κ2) is 3.19. The molecular formula is C12H20O3. The molecule has 0 unspecified atom stereocenters. The van der Waals surface area contributed by atoms with Gasteiger partial charge in [-0.05, 0) is 32.6 Å². The zero-order valence-corrected chi connectivity index (χ0v) is 9.73. The first-order valence-corrected chi connectivity index (χ1v) is 6.08. The van der Waals surface area contributed by atoms with Crippen molar-refractivity contribution in [2.24, 2.45) is 11.8 Å². The van der Waals surface area contributed by atoms with Crippen LogP contribution in [0, 0.1) is 11.8 Å². The van der Waals surface area contributed by atoms with Gasteiger partial charge >= 0.3 is 0 Å². The Bertz CT molecular complexity index is 264. The second-order valence-electron chi connectivity index (χ2n) is 5.64. The molecular weight excluding hydrogens is 192 g/mol. The van der Waals surface area contributed by atoms with Gasteiger partial charge in [0.05, 0.1) is 6.10 Å². The molecule has 0 aromatic rings. The fourth-order valence-corrected chi connectivity index (χ4v) is 3.32. The van der Waals surface area contributed by atoms with E-state index in [1.54, 1.807) is 0 Å². The van der Waals surface area contributed by atoms with Gasteiger partial charge in [-0.25, -0.2) is 0 Å². The van der Waals surface area contributed by atoms with Gasteiger partial charge in [0.2, 0.25) is 0 Å². The van der Waals surface area contributed by atoms with Crippen LogP contribution in [0.4, 0.5) is 0 Å². The molecule has 0 bridgehead atoms. The van der Waals surface area contributed by atoms with Crippen molar-refractivity contribution in [3.63, 3.8) is 0 Å². The molecule has 86 valence electrons. The van der Waals surface area contributed by atoms with Crippen LogP contribution < -0.4 is 0 Å². The molecule has 3 fully saturated rings. The molecule has 3 rings (SSSR count). The lowest BCUT2D eigenvalue weighted by molar-refractivity contribution is -0.217. The van der Waals surface area contributed by atoms with Crippen LogP contribution in [0.25, 0.3) is 0 Å². The van der Waals surface area contributed by atoms with Gasteiger partial charge in [0.1, 0.15) is 6.10 Å². The molecule has 0 radical (unpaired) electrons. The van der Waals surface area contributed by atoms with Crippen molar-refractivity contribution in [1.29, 1.82) is 0 Å². The van der Waals surface area contributed by atoms with Gasteiger partial charge in [-0.3, -0.25) is 0 Å². The van der Waals surface area contributed by atoms with E-state index < -0.39 is 5.79 Å². The highest BCUT2D eigenvalue weighted by atomic mass is 16.8. The first-order valence-electron chi connectivity index (χ1n) is 6.08. The maximum Gasteiger partial charge on any atom is 0.187 e. The summed E-state index contributed by atoms with van der Waals surface area (Å²) in [5, 5.41) is 0. The van der Waals surface area contributed by atoms with Crippen LogP contribution in [0.15, 0.2) is 0 Å². The predicted octanol–water partition coefficient (Wildman–Crippen LogP) is 2.30. The van der Waals surface area contributed by atoms with Gasteiger partial charge in [-0.15, -0.1) is 0 Å². The first kappa shape index (κ1) is 10.1. The van der Waals surface area contributed by atoms with Crippen molar-refractivity contribution < 1.29 is 14.2 Å². The lowest BCUT2D eigenvalue weighted by Gasteiger charge is -2.33. The molecule has 0 aromatic heterocycles. The Morgan fingerprint density at radius 1 is 1.07 bits per heavy atom. The van der Waals surface area contributed by atoms with Gasteiger partial charge in [-0.2, -0.15) is 0 Å². The van der Waals surface area contributed by atoms with Gasteiger partial charge in [-0.1, -0.05) is 13.3 Å². The normalized spacial score (nSPS) is 52.6. The minimum atomic E-state index is -0.457. The first-order chi connectivity index (χ1) is 7.07. The van der Waals surface area contributed by atoms with Crippen LogP contribution in [0.1, 0.15) is 40.0 Å². The molecule has 3 aliphatic rings. The van der Waals surface area contributed by atoms with Crippen molar-refractivity contribution in [3.8, 4) is 0 Å². The largest absolute Gasteiger partial charge is 0.346 e. The molecule has 2 heterocycles. The average Bonchev–Trinajstić information content (AvgIpc) is 2.59. The van der Waals surface area contributed by atoms with E-state index in [9.17, 15) is 0 Å². The lowest BCUT2D eigenvalue weighted by Crippen LogP contribution is -2.36. The molecule has 0 aromatic carbocycles. The van der Waals surface area contributed by atoms with Gasteiger partial charge < -0.3 is 14.2 Å². The minimum Gasteiger partial charge on any atom is -0.346 e. The molecule has 0 N–H and O–H groups in total. The third-order valence-electron chi connectivity index (χ3n) is 3.98. The molecule has 2 saturated heterocycles. The van der Waals surface area contributed by atoms with Gasteiger partial charge in [0.15, 0.2) is 12.1 Å². The van der Waals surface area contributed by atoms with E-state index in [2.05, 4.69) is 6.92 Å². The SMILES string of the molecule is C[C@H]1CCC[C@H]2[C@H]3OC(C)(C)O[C@H]3O[C@@H]21. The highest BCUT2D eigenvalue weighted by Gasteiger charge is 2.56. The van der Waals surface area contributed by atoms with Crippen molar-refractivity contribution in [1.82, 2.24) is 0 Å². The smallest absolute Gasteiger partial charge is 0.187 e. The molecule has 0 spiro atoms. The van der Waals surface area contributed by atoms with Crippen molar-refractivity contribution >= 4 is 0 Å². The highest BCUT2D eigenvalue weighted by molar-refractivity contribution is 4.96. The molecule has 15 heavy (non-hydrogen) atoms. The summed E-state index contributed by atoms with van der Waals surface area (Å²) < 4.78 is 17.7. The van der Waals surface area contributed by atoms with E-state index >= 15 is 0 Å². The molecule has 1 aliphatic carbocycles. The Morgan fingerprint density at radius 3 is 2.67 bits per heavy atom. The molecule has 3 nitrogen and oxygen atoms in total. The van der Waals surface area contributed by atoms with Crippen LogP contribution in [-0.2, 0) is 14.2 Å². The zero-order valence-electron chi connectivity index (χ0n) is 9.73. The van der Waals surface area contributed by atoms with E-state index in [1.165, 1.54) is 19.3 Å². The monoisotopic (exact) mass is 212 g/mol. The molecule has 3 heteroatoms. The topological polar surface area (TPSA) is 27.7 Å². The minimum absolute atomic E-state index is 0.115. The molecule has 1 saturated carbocycles. The summed E-state index contributed by atoms with van der Waals surface area (Å²) in [4.78, 5) is 0. The second-order valence-corrected chi connectivity index (χ2v) is 5.64. The third-order valence-corrected chi connectivity index (χ3v) is 3.98. The number of rotatable bonds is 0. The van der Waals surface area contributed by atoms with Crippen LogP contribution in [0.5, 0.6) is 0 Å². The molecule has 0 amide bonds. The Kier molecular flexibility index (Phi) is 2.14. The van der Waals surface area contributed by atoms with Crippen LogP contribution in [0.2, 0.25) is 0 Å². The zero-order chi connectivity index (χ0) is 10.6. The lowest BCUT2D eigenvalue weighted by atomic mass is 9.78. The number of hydrogen-bond acceptors (Lipinski definition) is 3. The summed E-state index contributed by atoms with van der Waals surface area (Å²) in [5.74, 6) is 0.756. The number of fused-ring (bicyclic) bond motifs is 3. The van der Waals surface area contributed by atoms with E-state index in [0.717, 1.165) is 0 Å². The summed E-state index contributed by atoms with van der Waals surface area (Å²) >= 11 is 0. The third kappa shape index (κ3) is 1.52. The van der Waals surface area contributed by atoms with Gasteiger partial charge in [0, 0.05) is 5.92 Å². The Hall–Kier alpha value is -0.120. The van der Waals surface area contributed by atoms with E-state index in [0.29, 0.717) is 17.9 Å². The van der Waals surface area contributed by atoms with Crippen LogP contribution >= 0.6 is 0 Å². The summed E-state index contributed by atoms with van der Waals surface area (Å²) in [5.41, 5.74) is 0. The average molecular weight is 212 g/mol. The van der Waals surface area contributed by atoms with Crippen molar-refractivity contribution in [2.45, 2.75) is 64.3 Å². The Labute approximate surface area is 91.1 Å². The van der Waals surface area contributed by atoms with E-state index in [-0.39, 0.29) is 12.4 Å². The highest BCUT2D eigenvalue weighted by Crippen LogP contribution is 2.47. The summed E-state index contributed by atoms with van der Waals surface area (Å²) in [6.07, 6.45) is 4.24. The standard InChI is InChI=1S/C12H20O3/c1-7-5-4-6-8-9(7)13-11-10(8)14-12(2,3)15-11/h7-11H,4-6H2,1-3H3/t7-,8+,9+,10+,11+/m0/s1. The summed E-state index contributed by atoms with van der Waals surface area (Å²) in [6, 6.07) is 0. The van der Waals surface area contributed by atoms with E-state index in [1.807, 2.05) is 13.8 Å². The van der Waals surface area contributed by atoms with Gasteiger partial charge in [0.25, 0.3) is 0 Å². The number of hydrogen-bond donors (Lipinski definition) is 0. The summed E-state index contributed by atoms with van der Waals surface area (Å²) in [7, 11) is 0. The maximum atomic E-state index is 5.99. The predicted molar refractivity (Wildman–Crippen MR) is 55.2 cm³/mol. The molecule has 2 aliphatic heterocycles. The van der Waals surface area contributed by atoms with Crippen LogP contribution in [0.3, 0.4) is 0 Å². The van der Waals surface area contributed by atoms with Crippen LogP contribution in [-0.4, -0.2) is 24.3 Å². The number of ether oxygens (including phenoxy) is 3. The molecule has 5 atom stereocenters. The fourth-order valence-electron chi connectivity index (χ4n) is 3.32. The van der Waals surface area contributed by atoms with E-state index in [4.69, 9.17) is 14.2 Å². The summed E-state index contributed by atoms with van der Waals surface area (Å²) in [6.45, 7) is 6.22. The quantitative estimate of drug-likeness (QED) is 0.616. The Morgan fingerprint density at radius 2 is 1.87 bits per heavy atom.